The van der Waals surface area contributed by atoms with E-state index in [4.69, 9.17) is 21.1 Å². The number of allylic oxidation sites excluding steroid dienone is 1. The van der Waals surface area contributed by atoms with Crippen molar-refractivity contribution in [3.05, 3.63) is 88.2 Å². The molecule has 7 heteroatoms. The highest BCUT2D eigenvalue weighted by Crippen LogP contribution is 2.37. The minimum Gasteiger partial charge on any atom is -0.493 e. The molecule has 3 aromatic rings. The maximum atomic E-state index is 13.0. The Hall–Kier alpha value is -3.82. The van der Waals surface area contributed by atoms with Crippen LogP contribution in [-0.4, -0.2) is 19.6 Å². The number of hydrogen-bond donors (Lipinski definition) is 1. The summed E-state index contributed by atoms with van der Waals surface area (Å²) in [5, 5.41) is 12.4. The summed E-state index contributed by atoms with van der Waals surface area (Å²) in [5.41, 5.74) is 3.44. The molecule has 3 aromatic carbocycles. The summed E-state index contributed by atoms with van der Waals surface area (Å²) in [6, 6.07) is 18.5. The van der Waals surface area contributed by atoms with Crippen molar-refractivity contribution in [1.29, 1.82) is 5.26 Å². The summed E-state index contributed by atoms with van der Waals surface area (Å²) in [5.74, 6) is -0.314. The Kier molecular flexibility index (Phi) is 7.48. The quantitative estimate of drug-likeness (QED) is 0.360. The molecule has 0 heterocycles. The van der Waals surface area contributed by atoms with Crippen LogP contribution >= 0.6 is 11.6 Å². The minimum absolute atomic E-state index is 0.203. The van der Waals surface area contributed by atoms with Crippen molar-refractivity contribution in [2.45, 2.75) is 6.92 Å². The normalized spacial score (nSPS) is 10.9. The van der Waals surface area contributed by atoms with Gasteiger partial charge in [-0.1, -0.05) is 41.4 Å². The Morgan fingerprint density at radius 1 is 1.16 bits per heavy atom. The first-order valence-electron chi connectivity index (χ1n) is 9.64. The first-order valence-corrected chi connectivity index (χ1v) is 10.0. The number of nitrogens with one attached hydrogen (secondary N) is 1. The van der Waals surface area contributed by atoms with E-state index in [-0.39, 0.29) is 17.4 Å². The van der Waals surface area contributed by atoms with E-state index in [9.17, 15) is 14.4 Å². The molecule has 0 fully saturated rings. The molecule has 0 spiro atoms. The molecule has 3 rings (SSSR count). The second-order valence-electron chi connectivity index (χ2n) is 6.91. The largest absolute Gasteiger partial charge is 0.493 e. The highest BCUT2D eigenvalue weighted by molar-refractivity contribution is 6.32. The highest BCUT2D eigenvalue weighted by Gasteiger charge is 2.14. The molecule has 5 nitrogen and oxygen atoms in total. The van der Waals surface area contributed by atoms with Gasteiger partial charge in [-0.15, -0.1) is 0 Å². The van der Waals surface area contributed by atoms with Crippen LogP contribution in [0.1, 0.15) is 16.7 Å². The van der Waals surface area contributed by atoms with E-state index in [0.717, 1.165) is 11.1 Å². The molecule has 0 aliphatic heterocycles. The topological polar surface area (TPSA) is 71.3 Å². The van der Waals surface area contributed by atoms with E-state index < -0.39 is 11.7 Å². The average Bonchev–Trinajstić information content (AvgIpc) is 2.78. The molecule has 0 radical (unpaired) electrons. The summed E-state index contributed by atoms with van der Waals surface area (Å²) in [6.45, 7) is 1.65. The van der Waals surface area contributed by atoms with Crippen LogP contribution in [0.3, 0.4) is 0 Å². The van der Waals surface area contributed by atoms with Gasteiger partial charge in [-0.2, -0.15) is 5.26 Å². The van der Waals surface area contributed by atoms with Gasteiger partial charge in [-0.25, -0.2) is 4.39 Å². The van der Waals surface area contributed by atoms with Crippen molar-refractivity contribution in [3.8, 4) is 17.6 Å². The number of hydrogen-bond acceptors (Lipinski definition) is 4. The molecule has 0 aromatic heterocycles. The van der Waals surface area contributed by atoms with E-state index in [1.165, 1.54) is 31.4 Å². The number of rotatable bonds is 7. The van der Waals surface area contributed by atoms with E-state index in [1.807, 2.05) is 31.2 Å². The predicted molar refractivity (Wildman–Crippen MR) is 123 cm³/mol. The third kappa shape index (κ3) is 5.87. The number of carbonyl (C=O) groups excluding carboxylic acids is 1. The van der Waals surface area contributed by atoms with Crippen molar-refractivity contribution >= 4 is 34.8 Å². The van der Waals surface area contributed by atoms with E-state index in [1.54, 1.807) is 18.2 Å². The number of halogens is 2. The molecule has 1 N–H and O–H groups in total. The summed E-state index contributed by atoms with van der Waals surface area (Å²) in [4.78, 5) is 12.2. The number of aryl methyl sites for hydroxylation is 1. The van der Waals surface area contributed by atoms with Gasteiger partial charge >= 0.3 is 0 Å². The van der Waals surface area contributed by atoms with Crippen LogP contribution in [0.2, 0.25) is 5.02 Å². The molecule has 32 heavy (non-hydrogen) atoms. The van der Waals surface area contributed by atoms with Crippen LogP contribution < -0.4 is 14.8 Å². The predicted octanol–water partition coefficient (Wildman–Crippen LogP) is 5.88. The monoisotopic (exact) mass is 450 g/mol. The summed E-state index contributed by atoms with van der Waals surface area (Å²) in [6.07, 6.45) is 1.70. The van der Waals surface area contributed by atoms with E-state index >= 15 is 0 Å². The third-order valence-corrected chi connectivity index (χ3v) is 4.80. The van der Waals surface area contributed by atoms with Crippen LogP contribution in [0.4, 0.5) is 10.1 Å². The first-order chi connectivity index (χ1) is 15.4. The van der Waals surface area contributed by atoms with Crippen LogP contribution in [0.15, 0.2) is 60.7 Å². The number of ether oxygens (including phenoxy) is 2. The van der Waals surface area contributed by atoms with Crippen molar-refractivity contribution in [2.75, 3.05) is 19.0 Å². The lowest BCUT2D eigenvalue weighted by atomic mass is 10.0. The third-order valence-electron chi connectivity index (χ3n) is 4.52. The van der Waals surface area contributed by atoms with Crippen LogP contribution in [0.5, 0.6) is 11.5 Å². The summed E-state index contributed by atoms with van der Waals surface area (Å²) < 4.78 is 23.9. The summed E-state index contributed by atoms with van der Waals surface area (Å²) >= 11 is 6.38. The van der Waals surface area contributed by atoms with Crippen molar-refractivity contribution < 1.29 is 18.7 Å². The van der Waals surface area contributed by atoms with Crippen LogP contribution in [0.25, 0.3) is 11.6 Å². The van der Waals surface area contributed by atoms with E-state index in [0.29, 0.717) is 22.6 Å². The molecule has 0 saturated carbocycles. The van der Waals surface area contributed by atoms with Gasteiger partial charge in [-0.05, 0) is 60.5 Å². The SMILES string of the molecule is COc1cc(/C=C(/C#N)c2ccc(C)cc2)cc(Cl)c1OCC(=O)Nc1ccc(F)cc1. The lowest BCUT2D eigenvalue weighted by Crippen LogP contribution is -2.20. The van der Waals surface area contributed by atoms with Gasteiger partial charge in [0.05, 0.1) is 23.8 Å². The fourth-order valence-corrected chi connectivity index (χ4v) is 3.18. The zero-order valence-electron chi connectivity index (χ0n) is 17.5. The maximum Gasteiger partial charge on any atom is 0.262 e. The fourth-order valence-electron chi connectivity index (χ4n) is 2.91. The Morgan fingerprint density at radius 3 is 2.47 bits per heavy atom. The Labute approximate surface area is 190 Å². The average molecular weight is 451 g/mol. The highest BCUT2D eigenvalue weighted by atomic mass is 35.5. The van der Waals surface area contributed by atoms with Crippen molar-refractivity contribution in [2.24, 2.45) is 0 Å². The molecule has 0 atom stereocenters. The minimum atomic E-state index is -0.440. The molecular weight excluding hydrogens is 431 g/mol. The maximum absolute atomic E-state index is 13.0. The fraction of sp³-hybridized carbons (Fsp3) is 0.120. The Morgan fingerprint density at radius 2 is 1.84 bits per heavy atom. The second kappa shape index (κ2) is 10.5. The molecule has 0 saturated heterocycles. The lowest BCUT2D eigenvalue weighted by Gasteiger charge is -2.13. The van der Waals surface area contributed by atoms with Gasteiger partial charge in [-0.3, -0.25) is 4.79 Å². The molecule has 0 aliphatic rings. The van der Waals surface area contributed by atoms with Gasteiger partial charge < -0.3 is 14.8 Å². The molecule has 0 aliphatic carbocycles. The second-order valence-corrected chi connectivity index (χ2v) is 7.32. The number of amides is 1. The lowest BCUT2D eigenvalue weighted by molar-refractivity contribution is -0.118. The van der Waals surface area contributed by atoms with Gasteiger partial charge in [0.25, 0.3) is 5.91 Å². The van der Waals surface area contributed by atoms with Gasteiger partial charge in [0.2, 0.25) is 0 Å². The van der Waals surface area contributed by atoms with Crippen LogP contribution in [-0.2, 0) is 4.79 Å². The molecule has 162 valence electrons. The number of benzene rings is 3. The van der Waals surface area contributed by atoms with Gasteiger partial charge in [0.15, 0.2) is 18.1 Å². The van der Waals surface area contributed by atoms with Gasteiger partial charge in [0, 0.05) is 5.69 Å². The molecule has 0 unspecified atom stereocenters. The van der Waals surface area contributed by atoms with Crippen molar-refractivity contribution in [1.82, 2.24) is 0 Å². The zero-order valence-corrected chi connectivity index (χ0v) is 18.2. The number of carbonyl (C=O) groups is 1. The molecule has 0 bridgehead atoms. The number of nitrogens with zero attached hydrogens (tertiary/aromatic N) is 1. The molecule has 1 amide bonds. The Bertz CT molecular complexity index is 1180. The smallest absolute Gasteiger partial charge is 0.262 e. The number of nitriles is 1. The Balaban J connectivity index is 1.77. The van der Waals surface area contributed by atoms with Crippen molar-refractivity contribution in [3.63, 3.8) is 0 Å². The van der Waals surface area contributed by atoms with E-state index in [2.05, 4.69) is 11.4 Å². The standard InChI is InChI=1S/C25H20ClFN2O3/c1-16-3-5-18(6-4-16)19(14-28)11-17-12-22(26)25(23(13-17)31-2)32-15-24(30)29-21-9-7-20(27)8-10-21/h3-13H,15H2,1-2H3,(H,29,30)/b19-11-. The number of anilines is 1. The first kappa shape index (κ1) is 22.9. The number of methoxy groups -OCH3 is 1. The zero-order chi connectivity index (χ0) is 23.1. The van der Waals surface area contributed by atoms with Crippen LogP contribution in [0, 0.1) is 24.1 Å². The van der Waals surface area contributed by atoms with Gasteiger partial charge in [0.1, 0.15) is 5.82 Å². The summed E-state index contributed by atoms with van der Waals surface area (Å²) in [7, 11) is 1.45. The molecular formula is C25H20ClFN2O3.